The lowest BCUT2D eigenvalue weighted by Crippen LogP contribution is -2.40. The van der Waals surface area contributed by atoms with Crippen molar-refractivity contribution in [1.82, 2.24) is 10.0 Å². The van der Waals surface area contributed by atoms with Crippen LogP contribution in [0.3, 0.4) is 0 Å². The van der Waals surface area contributed by atoms with Gasteiger partial charge in [0.25, 0.3) is 0 Å². The second kappa shape index (κ2) is 7.06. The number of benzene rings is 1. The minimum atomic E-state index is -3.28. The van der Waals surface area contributed by atoms with Gasteiger partial charge in [-0.15, -0.1) is 0 Å². The van der Waals surface area contributed by atoms with Crippen LogP contribution in [0.15, 0.2) is 30.3 Å². The van der Waals surface area contributed by atoms with E-state index in [4.69, 9.17) is 4.74 Å². The zero-order chi connectivity index (χ0) is 14.4. The second-order valence-electron chi connectivity index (χ2n) is 5.09. The zero-order valence-electron chi connectivity index (χ0n) is 11.7. The maximum absolute atomic E-state index is 12.0. The van der Waals surface area contributed by atoms with Crippen molar-refractivity contribution >= 4 is 10.0 Å². The summed E-state index contributed by atoms with van der Waals surface area (Å²) in [4.78, 5) is 0. The lowest BCUT2D eigenvalue weighted by Gasteiger charge is -2.14. The molecule has 1 aromatic carbocycles. The molecular weight excluding hydrogens is 276 g/mol. The van der Waals surface area contributed by atoms with Crippen LogP contribution in [0.2, 0.25) is 0 Å². The number of para-hydroxylation sites is 1. The lowest BCUT2D eigenvalue weighted by atomic mass is 10.3. The standard InChI is InChI=1S/C14H22N2O3S/c1-12(11-15-13-7-8-13)20(17,18)16-9-10-19-14-5-3-2-4-6-14/h2-6,12-13,15-16H,7-11H2,1H3. The third kappa shape index (κ3) is 5.11. The van der Waals surface area contributed by atoms with E-state index in [2.05, 4.69) is 10.0 Å². The van der Waals surface area contributed by atoms with Crippen LogP contribution in [-0.2, 0) is 10.0 Å². The SMILES string of the molecule is CC(CNC1CC1)S(=O)(=O)NCCOc1ccccc1. The van der Waals surface area contributed by atoms with Crippen molar-refractivity contribution in [3.63, 3.8) is 0 Å². The number of ether oxygens (including phenoxy) is 1. The van der Waals surface area contributed by atoms with Gasteiger partial charge >= 0.3 is 0 Å². The Morgan fingerprint density at radius 2 is 2.00 bits per heavy atom. The molecule has 5 nitrogen and oxygen atoms in total. The van der Waals surface area contributed by atoms with E-state index in [9.17, 15) is 8.42 Å². The van der Waals surface area contributed by atoms with Crippen LogP contribution in [0, 0.1) is 0 Å². The van der Waals surface area contributed by atoms with E-state index in [1.54, 1.807) is 6.92 Å². The molecule has 1 saturated carbocycles. The molecule has 0 saturated heterocycles. The Labute approximate surface area is 120 Å². The molecule has 1 atom stereocenters. The van der Waals surface area contributed by atoms with Crippen molar-refractivity contribution in [2.45, 2.75) is 31.1 Å². The quantitative estimate of drug-likeness (QED) is 0.671. The summed E-state index contributed by atoms with van der Waals surface area (Å²) in [5, 5.41) is 2.80. The highest BCUT2D eigenvalue weighted by Crippen LogP contribution is 2.18. The number of nitrogens with one attached hydrogen (secondary N) is 2. The topological polar surface area (TPSA) is 67.4 Å². The van der Waals surface area contributed by atoms with Crippen LogP contribution in [0.4, 0.5) is 0 Å². The van der Waals surface area contributed by atoms with Gasteiger partial charge in [-0.3, -0.25) is 0 Å². The summed E-state index contributed by atoms with van der Waals surface area (Å²) in [5.74, 6) is 0.746. The Kier molecular flexibility index (Phi) is 5.39. The number of sulfonamides is 1. The molecule has 0 amide bonds. The van der Waals surface area contributed by atoms with Gasteiger partial charge in [0.2, 0.25) is 10.0 Å². The molecule has 0 radical (unpaired) electrons. The van der Waals surface area contributed by atoms with E-state index in [1.807, 2.05) is 30.3 Å². The van der Waals surface area contributed by atoms with Gasteiger partial charge in [0, 0.05) is 19.1 Å². The van der Waals surface area contributed by atoms with Crippen molar-refractivity contribution in [3.05, 3.63) is 30.3 Å². The number of rotatable bonds is 9. The highest BCUT2D eigenvalue weighted by molar-refractivity contribution is 7.90. The Balaban J connectivity index is 1.66. The van der Waals surface area contributed by atoms with Gasteiger partial charge in [0.1, 0.15) is 12.4 Å². The average Bonchev–Trinajstić information content (AvgIpc) is 3.26. The Morgan fingerprint density at radius 3 is 2.65 bits per heavy atom. The molecule has 0 spiro atoms. The Hall–Kier alpha value is -1.11. The smallest absolute Gasteiger partial charge is 0.215 e. The monoisotopic (exact) mass is 298 g/mol. The molecule has 1 aliphatic carbocycles. The highest BCUT2D eigenvalue weighted by atomic mass is 32.2. The molecule has 0 aliphatic heterocycles. The van der Waals surface area contributed by atoms with Gasteiger partial charge in [0.05, 0.1) is 5.25 Å². The maximum Gasteiger partial charge on any atom is 0.215 e. The molecule has 1 fully saturated rings. The van der Waals surface area contributed by atoms with Gasteiger partial charge < -0.3 is 10.1 Å². The predicted molar refractivity (Wildman–Crippen MR) is 79.3 cm³/mol. The maximum atomic E-state index is 12.0. The predicted octanol–water partition coefficient (Wildman–Crippen LogP) is 1.13. The molecule has 0 heterocycles. The molecular formula is C14H22N2O3S. The largest absolute Gasteiger partial charge is 0.492 e. The van der Waals surface area contributed by atoms with Crippen molar-refractivity contribution in [2.24, 2.45) is 0 Å². The zero-order valence-corrected chi connectivity index (χ0v) is 12.5. The van der Waals surface area contributed by atoms with E-state index >= 15 is 0 Å². The van der Waals surface area contributed by atoms with Gasteiger partial charge in [-0.05, 0) is 31.9 Å². The molecule has 20 heavy (non-hydrogen) atoms. The van der Waals surface area contributed by atoms with Crippen molar-refractivity contribution in [1.29, 1.82) is 0 Å². The minimum Gasteiger partial charge on any atom is -0.492 e. The van der Waals surface area contributed by atoms with E-state index in [0.29, 0.717) is 19.2 Å². The highest BCUT2D eigenvalue weighted by Gasteiger charge is 2.25. The van der Waals surface area contributed by atoms with Crippen LogP contribution in [-0.4, -0.2) is 39.4 Å². The van der Waals surface area contributed by atoms with Crippen molar-refractivity contribution in [3.8, 4) is 5.75 Å². The summed E-state index contributed by atoms with van der Waals surface area (Å²) in [6, 6.07) is 9.88. The molecule has 0 aromatic heterocycles. The first kappa shape index (κ1) is 15.3. The summed E-state index contributed by atoms with van der Waals surface area (Å²) < 4.78 is 32.0. The summed E-state index contributed by atoms with van der Waals surface area (Å²) in [6.45, 7) is 2.83. The van der Waals surface area contributed by atoms with E-state index in [1.165, 1.54) is 0 Å². The van der Waals surface area contributed by atoms with Gasteiger partial charge in [-0.2, -0.15) is 0 Å². The van der Waals surface area contributed by atoms with Crippen molar-refractivity contribution < 1.29 is 13.2 Å². The van der Waals surface area contributed by atoms with Crippen LogP contribution < -0.4 is 14.8 Å². The fraction of sp³-hybridized carbons (Fsp3) is 0.571. The van der Waals surface area contributed by atoms with Crippen LogP contribution in [0.25, 0.3) is 0 Å². The Bertz CT molecular complexity index is 500. The Morgan fingerprint density at radius 1 is 1.30 bits per heavy atom. The summed E-state index contributed by atoms with van der Waals surface area (Å²) in [5.41, 5.74) is 0. The normalized spacial score (nSPS) is 16.9. The van der Waals surface area contributed by atoms with Gasteiger partial charge in [-0.1, -0.05) is 18.2 Å². The van der Waals surface area contributed by atoms with E-state index in [-0.39, 0.29) is 6.54 Å². The molecule has 112 valence electrons. The molecule has 1 aromatic rings. The molecule has 2 rings (SSSR count). The fourth-order valence-electron chi connectivity index (χ4n) is 1.74. The molecule has 0 bridgehead atoms. The van der Waals surface area contributed by atoms with Crippen LogP contribution in [0.5, 0.6) is 5.75 Å². The summed E-state index contributed by atoms with van der Waals surface area (Å²) >= 11 is 0. The third-order valence-corrected chi connectivity index (χ3v) is 5.05. The third-order valence-electron chi connectivity index (χ3n) is 3.22. The summed E-state index contributed by atoms with van der Waals surface area (Å²) in [6.07, 6.45) is 2.32. The number of hydrogen-bond acceptors (Lipinski definition) is 4. The van der Waals surface area contributed by atoms with Crippen molar-refractivity contribution in [2.75, 3.05) is 19.7 Å². The van der Waals surface area contributed by atoms with Crippen LogP contribution >= 0.6 is 0 Å². The first-order chi connectivity index (χ1) is 9.58. The fourth-order valence-corrected chi connectivity index (χ4v) is 2.71. The van der Waals surface area contributed by atoms with Crippen LogP contribution in [0.1, 0.15) is 19.8 Å². The minimum absolute atomic E-state index is 0.283. The average molecular weight is 298 g/mol. The molecule has 6 heteroatoms. The first-order valence-electron chi connectivity index (χ1n) is 6.97. The van der Waals surface area contributed by atoms with E-state index < -0.39 is 15.3 Å². The van der Waals surface area contributed by atoms with Gasteiger partial charge in [0.15, 0.2) is 0 Å². The van der Waals surface area contributed by atoms with Gasteiger partial charge in [-0.25, -0.2) is 13.1 Å². The summed E-state index contributed by atoms with van der Waals surface area (Å²) in [7, 11) is -3.28. The molecule has 1 unspecified atom stereocenters. The second-order valence-corrected chi connectivity index (χ2v) is 7.28. The lowest BCUT2D eigenvalue weighted by molar-refractivity contribution is 0.322. The number of hydrogen-bond donors (Lipinski definition) is 2. The van der Waals surface area contributed by atoms with E-state index in [0.717, 1.165) is 18.6 Å². The molecule has 2 N–H and O–H groups in total. The first-order valence-corrected chi connectivity index (χ1v) is 8.52. The molecule has 1 aliphatic rings.